The van der Waals surface area contributed by atoms with Crippen molar-refractivity contribution in [2.24, 2.45) is 0 Å². The summed E-state index contributed by atoms with van der Waals surface area (Å²) >= 11 is 0. The highest BCUT2D eigenvalue weighted by Crippen LogP contribution is 2.21. The number of aromatic nitrogens is 3. The molecule has 0 aliphatic carbocycles. The molecule has 0 radical (unpaired) electrons. The van der Waals surface area contributed by atoms with Crippen LogP contribution in [0.15, 0.2) is 54.9 Å². The van der Waals surface area contributed by atoms with E-state index in [1.807, 2.05) is 6.07 Å². The number of aliphatic hydroxyl groups is 1. The van der Waals surface area contributed by atoms with Crippen LogP contribution in [0.25, 0.3) is 11.3 Å². The first-order chi connectivity index (χ1) is 12.8. The molecule has 7 nitrogen and oxygen atoms in total. The second kappa shape index (κ2) is 7.51. The number of hydrogen-bond acceptors (Lipinski definition) is 6. The van der Waals surface area contributed by atoms with Crippen molar-refractivity contribution in [3.63, 3.8) is 0 Å². The second-order valence-corrected chi connectivity index (χ2v) is 6.61. The fourth-order valence-corrected chi connectivity index (χ4v) is 2.46. The van der Waals surface area contributed by atoms with Gasteiger partial charge >= 0.3 is 5.97 Å². The van der Waals surface area contributed by atoms with Gasteiger partial charge in [-0.25, -0.2) is 14.8 Å². The molecule has 0 saturated carbocycles. The Balaban J connectivity index is 1.71. The van der Waals surface area contributed by atoms with Crippen LogP contribution in [-0.2, 0) is 12.1 Å². The second-order valence-electron chi connectivity index (χ2n) is 6.61. The first-order valence-corrected chi connectivity index (χ1v) is 8.41. The summed E-state index contributed by atoms with van der Waals surface area (Å²) in [5.41, 5.74) is 2.29. The minimum atomic E-state index is -0.993. The molecule has 2 aromatic heterocycles. The Morgan fingerprint density at radius 2 is 1.81 bits per heavy atom. The van der Waals surface area contributed by atoms with E-state index >= 15 is 0 Å². The molecular weight excluding hydrogens is 344 g/mol. The van der Waals surface area contributed by atoms with Gasteiger partial charge in [-0.15, -0.1) is 0 Å². The lowest BCUT2D eigenvalue weighted by atomic mass is 10.0. The average Bonchev–Trinajstić information content (AvgIpc) is 2.66. The van der Waals surface area contributed by atoms with Crippen LogP contribution in [-0.4, -0.2) is 31.1 Å². The Morgan fingerprint density at radius 3 is 2.41 bits per heavy atom. The SMILES string of the molecule is CC(C)(O)c1ccc(-c2ccnc(NCc3ccc(C(=O)O)cc3)n2)cn1. The molecule has 3 aromatic rings. The molecule has 1 aromatic carbocycles. The standard InChI is InChI=1S/C20H20N4O3/c1-20(2,27)17-8-7-15(12-22-17)16-9-10-21-19(24-16)23-11-13-3-5-14(6-4-13)18(25)26/h3-10,12,27H,11H2,1-2H3,(H,25,26)(H,21,23,24). The van der Waals surface area contributed by atoms with E-state index in [-0.39, 0.29) is 5.56 Å². The zero-order chi connectivity index (χ0) is 19.4. The van der Waals surface area contributed by atoms with E-state index in [0.29, 0.717) is 23.9 Å². The van der Waals surface area contributed by atoms with Gasteiger partial charge in [0.2, 0.25) is 5.95 Å². The Hall–Kier alpha value is -3.32. The minimum Gasteiger partial charge on any atom is -0.478 e. The molecule has 0 saturated heterocycles. The van der Waals surface area contributed by atoms with Crippen LogP contribution in [0.2, 0.25) is 0 Å². The lowest BCUT2D eigenvalue weighted by Crippen LogP contribution is -2.17. The van der Waals surface area contributed by atoms with Crippen LogP contribution in [0.1, 0.15) is 35.5 Å². The molecule has 3 N–H and O–H groups in total. The molecule has 0 spiro atoms. The van der Waals surface area contributed by atoms with Gasteiger partial charge in [0.25, 0.3) is 0 Å². The fraction of sp³-hybridized carbons (Fsp3) is 0.200. The zero-order valence-electron chi connectivity index (χ0n) is 15.0. The summed E-state index contributed by atoms with van der Waals surface area (Å²) < 4.78 is 0. The van der Waals surface area contributed by atoms with Crippen molar-refractivity contribution in [2.45, 2.75) is 26.0 Å². The first kappa shape index (κ1) is 18.5. The van der Waals surface area contributed by atoms with Gasteiger partial charge in [0.05, 0.1) is 17.0 Å². The number of rotatable bonds is 6. The highest BCUT2D eigenvalue weighted by molar-refractivity contribution is 5.87. The lowest BCUT2D eigenvalue weighted by molar-refractivity contribution is 0.0695. The van der Waals surface area contributed by atoms with Crippen molar-refractivity contribution in [1.82, 2.24) is 15.0 Å². The number of carboxylic acids is 1. The highest BCUT2D eigenvalue weighted by atomic mass is 16.4. The predicted octanol–water partition coefficient (Wildman–Crippen LogP) is 3.08. The van der Waals surface area contributed by atoms with Gasteiger partial charge < -0.3 is 15.5 Å². The van der Waals surface area contributed by atoms with Gasteiger partial charge in [0, 0.05) is 24.5 Å². The predicted molar refractivity (Wildman–Crippen MR) is 101 cm³/mol. The summed E-state index contributed by atoms with van der Waals surface area (Å²) in [4.78, 5) is 23.9. The summed E-state index contributed by atoms with van der Waals surface area (Å²) in [5.74, 6) is -0.490. The number of anilines is 1. The van der Waals surface area contributed by atoms with Crippen molar-refractivity contribution >= 4 is 11.9 Å². The number of pyridine rings is 1. The number of carboxylic acid groups (broad SMARTS) is 1. The van der Waals surface area contributed by atoms with Crippen LogP contribution in [0.5, 0.6) is 0 Å². The molecular formula is C20H20N4O3. The van der Waals surface area contributed by atoms with E-state index in [1.54, 1.807) is 62.6 Å². The third-order valence-corrected chi connectivity index (χ3v) is 3.99. The monoisotopic (exact) mass is 364 g/mol. The number of carbonyl (C=O) groups is 1. The van der Waals surface area contributed by atoms with E-state index in [1.165, 1.54) is 0 Å². The molecule has 0 atom stereocenters. The molecule has 0 unspecified atom stereocenters. The summed E-state index contributed by atoms with van der Waals surface area (Å²) in [6.07, 6.45) is 3.33. The average molecular weight is 364 g/mol. The summed E-state index contributed by atoms with van der Waals surface area (Å²) in [5, 5.41) is 22.0. The van der Waals surface area contributed by atoms with Crippen molar-refractivity contribution in [1.29, 1.82) is 0 Å². The number of aromatic carboxylic acids is 1. The maximum Gasteiger partial charge on any atom is 0.335 e. The molecule has 7 heteroatoms. The highest BCUT2D eigenvalue weighted by Gasteiger charge is 2.17. The number of nitrogens with one attached hydrogen (secondary N) is 1. The van der Waals surface area contributed by atoms with Gasteiger partial charge in [-0.05, 0) is 49.7 Å². The molecule has 0 bridgehead atoms. The summed E-state index contributed by atoms with van der Waals surface area (Å²) in [6, 6.07) is 12.0. The summed E-state index contributed by atoms with van der Waals surface area (Å²) in [7, 11) is 0. The van der Waals surface area contributed by atoms with Gasteiger partial charge in [-0.3, -0.25) is 4.98 Å². The normalized spacial score (nSPS) is 11.2. The Morgan fingerprint density at radius 1 is 1.07 bits per heavy atom. The molecule has 0 amide bonds. The molecule has 0 aliphatic rings. The van der Waals surface area contributed by atoms with Gasteiger partial charge in [-0.2, -0.15) is 0 Å². The lowest BCUT2D eigenvalue weighted by Gasteiger charge is -2.16. The van der Waals surface area contributed by atoms with Crippen molar-refractivity contribution < 1.29 is 15.0 Å². The van der Waals surface area contributed by atoms with Crippen molar-refractivity contribution in [2.75, 3.05) is 5.32 Å². The van der Waals surface area contributed by atoms with Crippen molar-refractivity contribution in [3.8, 4) is 11.3 Å². The maximum absolute atomic E-state index is 10.9. The fourth-order valence-electron chi connectivity index (χ4n) is 2.46. The zero-order valence-corrected chi connectivity index (χ0v) is 15.0. The van der Waals surface area contributed by atoms with Crippen LogP contribution in [0.4, 0.5) is 5.95 Å². The maximum atomic E-state index is 10.9. The van der Waals surface area contributed by atoms with Gasteiger partial charge in [0.1, 0.15) is 5.60 Å². The Labute approximate surface area is 156 Å². The topological polar surface area (TPSA) is 108 Å². The summed E-state index contributed by atoms with van der Waals surface area (Å²) in [6.45, 7) is 3.84. The van der Waals surface area contributed by atoms with Crippen LogP contribution < -0.4 is 5.32 Å². The largest absolute Gasteiger partial charge is 0.478 e. The van der Waals surface area contributed by atoms with Crippen LogP contribution in [0, 0.1) is 0 Å². The smallest absolute Gasteiger partial charge is 0.335 e. The number of benzene rings is 1. The number of hydrogen-bond donors (Lipinski definition) is 3. The van der Waals surface area contributed by atoms with E-state index in [9.17, 15) is 9.90 Å². The van der Waals surface area contributed by atoms with Crippen molar-refractivity contribution in [3.05, 3.63) is 71.7 Å². The quantitative estimate of drug-likeness (QED) is 0.617. The molecule has 3 rings (SSSR count). The number of nitrogens with zero attached hydrogens (tertiary/aromatic N) is 3. The molecule has 27 heavy (non-hydrogen) atoms. The van der Waals surface area contributed by atoms with Gasteiger partial charge in [0.15, 0.2) is 0 Å². The minimum absolute atomic E-state index is 0.249. The third-order valence-electron chi connectivity index (χ3n) is 3.99. The van der Waals surface area contributed by atoms with E-state index in [4.69, 9.17) is 5.11 Å². The first-order valence-electron chi connectivity index (χ1n) is 8.41. The van der Waals surface area contributed by atoms with Crippen LogP contribution in [0.3, 0.4) is 0 Å². The molecule has 2 heterocycles. The molecule has 138 valence electrons. The third kappa shape index (κ3) is 4.65. The van der Waals surface area contributed by atoms with Gasteiger partial charge in [-0.1, -0.05) is 12.1 Å². The van der Waals surface area contributed by atoms with E-state index in [2.05, 4.69) is 20.3 Å². The Kier molecular flexibility index (Phi) is 5.14. The van der Waals surface area contributed by atoms with E-state index < -0.39 is 11.6 Å². The molecule has 0 aliphatic heterocycles. The van der Waals surface area contributed by atoms with E-state index in [0.717, 1.165) is 11.1 Å². The molecule has 0 fully saturated rings. The Bertz CT molecular complexity index is 933. The van der Waals surface area contributed by atoms with Crippen LogP contribution >= 0.6 is 0 Å².